The van der Waals surface area contributed by atoms with Gasteiger partial charge in [-0.15, -0.1) is 0 Å². The molecule has 2 N–H and O–H groups in total. The Morgan fingerprint density at radius 1 is 0.857 bits per heavy atom. The predicted octanol–water partition coefficient (Wildman–Crippen LogP) is 4.11. The van der Waals surface area contributed by atoms with E-state index in [0.29, 0.717) is 6.04 Å². The van der Waals surface area contributed by atoms with E-state index in [1.807, 2.05) is 0 Å². The SMILES string of the molecule is CCCCC(CC)CCCC(N)CC. The van der Waals surface area contributed by atoms with Crippen molar-refractivity contribution in [1.82, 2.24) is 0 Å². The molecule has 0 aliphatic carbocycles. The Labute approximate surface area is 90.5 Å². The molecular weight excluding hydrogens is 170 g/mol. The summed E-state index contributed by atoms with van der Waals surface area (Å²) in [4.78, 5) is 0. The molecule has 0 bridgehead atoms. The highest BCUT2D eigenvalue weighted by molar-refractivity contribution is 4.62. The highest BCUT2D eigenvalue weighted by atomic mass is 14.6. The second-order valence-corrected chi connectivity index (χ2v) is 4.52. The van der Waals surface area contributed by atoms with Crippen molar-refractivity contribution in [2.45, 2.75) is 78.2 Å². The fourth-order valence-electron chi connectivity index (χ4n) is 1.92. The maximum Gasteiger partial charge on any atom is 0.00362 e. The molecule has 0 rings (SSSR count). The molecule has 0 saturated carbocycles. The molecule has 86 valence electrons. The molecule has 0 fully saturated rings. The van der Waals surface area contributed by atoms with E-state index in [1.165, 1.54) is 44.9 Å². The van der Waals surface area contributed by atoms with Crippen molar-refractivity contribution in [2.75, 3.05) is 0 Å². The molecule has 0 aliphatic rings. The lowest BCUT2D eigenvalue weighted by molar-refractivity contribution is 0.393. The van der Waals surface area contributed by atoms with Crippen LogP contribution in [0.2, 0.25) is 0 Å². The van der Waals surface area contributed by atoms with Gasteiger partial charge < -0.3 is 5.73 Å². The molecule has 14 heavy (non-hydrogen) atoms. The molecule has 0 aromatic heterocycles. The Morgan fingerprint density at radius 3 is 2.00 bits per heavy atom. The fraction of sp³-hybridized carbons (Fsp3) is 1.00. The van der Waals surface area contributed by atoms with Crippen molar-refractivity contribution in [1.29, 1.82) is 0 Å². The summed E-state index contributed by atoms with van der Waals surface area (Å²) in [5, 5.41) is 0. The highest BCUT2D eigenvalue weighted by Crippen LogP contribution is 2.19. The van der Waals surface area contributed by atoms with Gasteiger partial charge in [0.05, 0.1) is 0 Å². The molecule has 2 unspecified atom stereocenters. The minimum absolute atomic E-state index is 0.443. The van der Waals surface area contributed by atoms with Gasteiger partial charge in [0.25, 0.3) is 0 Å². The molecule has 1 nitrogen and oxygen atoms in total. The second-order valence-electron chi connectivity index (χ2n) is 4.52. The van der Waals surface area contributed by atoms with Gasteiger partial charge in [0, 0.05) is 6.04 Å². The molecule has 0 aromatic rings. The molecule has 2 atom stereocenters. The molecular formula is C13H29N. The molecule has 0 heterocycles. The molecule has 0 aromatic carbocycles. The van der Waals surface area contributed by atoms with Crippen LogP contribution < -0.4 is 5.73 Å². The van der Waals surface area contributed by atoms with Crippen LogP contribution in [-0.2, 0) is 0 Å². The lowest BCUT2D eigenvalue weighted by Crippen LogP contribution is -2.18. The van der Waals surface area contributed by atoms with E-state index in [0.717, 1.165) is 12.3 Å². The zero-order valence-corrected chi connectivity index (χ0v) is 10.4. The van der Waals surface area contributed by atoms with Gasteiger partial charge in [-0.05, 0) is 18.8 Å². The van der Waals surface area contributed by atoms with E-state index in [9.17, 15) is 0 Å². The average molecular weight is 199 g/mol. The van der Waals surface area contributed by atoms with Crippen LogP contribution in [0, 0.1) is 5.92 Å². The summed E-state index contributed by atoms with van der Waals surface area (Å²) in [7, 11) is 0. The summed E-state index contributed by atoms with van der Waals surface area (Å²) in [6, 6.07) is 0.443. The first kappa shape index (κ1) is 14.0. The summed E-state index contributed by atoms with van der Waals surface area (Å²) in [5.41, 5.74) is 5.90. The summed E-state index contributed by atoms with van der Waals surface area (Å²) in [5.74, 6) is 0.957. The maximum atomic E-state index is 5.90. The number of hydrogen-bond acceptors (Lipinski definition) is 1. The van der Waals surface area contributed by atoms with Crippen molar-refractivity contribution < 1.29 is 0 Å². The molecule has 0 aliphatic heterocycles. The lowest BCUT2D eigenvalue weighted by Gasteiger charge is -2.15. The quantitative estimate of drug-likeness (QED) is 0.594. The summed E-state index contributed by atoms with van der Waals surface area (Å²) in [6.07, 6.45) is 10.6. The van der Waals surface area contributed by atoms with Gasteiger partial charge in [-0.2, -0.15) is 0 Å². The monoisotopic (exact) mass is 199 g/mol. The Bertz CT molecular complexity index is 112. The first-order chi connectivity index (χ1) is 6.74. The van der Waals surface area contributed by atoms with Crippen LogP contribution in [-0.4, -0.2) is 6.04 Å². The second kappa shape index (κ2) is 9.51. The van der Waals surface area contributed by atoms with Crippen LogP contribution in [0.3, 0.4) is 0 Å². The van der Waals surface area contributed by atoms with Gasteiger partial charge in [0.15, 0.2) is 0 Å². The molecule has 0 amide bonds. The Balaban J connectivity index is 3.42. The first-order valence-electron chi connectivity index (χ1n) is 6.50. The summed E-state index contributed by atoms with van der Waals surface area (Å²) in [6.45, 7) is 6.78. The highest BCUT2D eigenvalue weighted by Gasteiger charge is 2.06. The Morgan fingerprint density at radius 2 is 1.50 bits per heavy atom. The van der Waals surface area contributed by atoms with Crippen LogP contribution >= 0.6 is 0 Å². The third-order valence-electron chi connectivity index (χ3n) is 3.25. The Hall–Kier alpha value is -0.0400. The van der Waals surface area contributed by atoms with E-state index in [4.69, 9.17) is 5.73 Å². The van der Waals surface area contributed by atoms with Crippen molar-refractivity contribution in [2.24, 2.45) is 11.7 Å². The van der Waals surface area contributed by atoms with Crippen LogP contribution in [0.15, 0.2) is 0 Å². The normalized spacial score (nSPS) is 15.4. The fourth-order valence-corrected chi connectivity index (χ4v) is 1.92. The van der Waals surface area contributed by atoms with Crippen LogP contribution in [0.4, 0.5) is 0 Å². The third-order valence-corrected chi connectivity index (χ3v) is 3.25. The van der Waals surface area contributed by atoms with Crippen molar-refractivity contribution >= 4 is 0 Å². The summed E-state index contributed by atoms with van der Waals surface area (Å²) >= 11 is 0. The van der Waals surface area contributed by atoms with Crippen molar-refractivity contribution in [3.63, 3.8) is 0 Å². The number of hydrogen-bond donors (Lipinski definition) is 1. The standard InChI is InChI=1S/C13H29N/c1-4-7-9-12(5-2)10-8-11-13(14)6-3/h12-13H,4-11,14H2,1-3H3. The van der Waals surface area contributed by atoms with Gasteiger partial charge in [-0.1, -0.05) is 59.3 Å². The van der Waals surface area contributed by atoms with E-state index >= 15 is 0 Å². The molecule has 1 heteroatoms. The minimum atomic E-state index is 0.443. The predicted molar refractivity (Wildman–Crippen MR) is 65.4 cm³/mol. The number of nitrogens with two attached hydrogens (primary N) is 1. The van der Waals surface area contributed by atoms with E-state index in [1.54, 1.807) is 0 Å². The smallest absolute Gasteiger partial charge is 0.00362 e. The van der Waals surface area contributed by atoms with Crippen LogP contribution in [0.5, 0.6) is 0 Å². The maximum absolute atomic E-state index is 5.90. The minimum Gasteiger partial charge on any atom is -0.328 e. The number of unbranched alkanes of at least 4 members (excludes halogenated alkanes) is 1. The first-order valence-corrected chi connectivity index (χ1v) is 6.50. The summed E-state index contributed by atoms with van der Waals surface area (Å²) < 4.78 is 0. The number of rotatable bonds is 9. The zero-order chi connectivity index (χ0) is 10.8. The van der Waals surface area contributed by atoms with Gasteiger partial charge in [0.1, 0.15) is 0 Å². The zero-order valence-electron chi connectivity index (χ0n) is 10.4. The molecule has 0 radical (unpaired) electrons. The third kappa shape index (κ3) is 7.37. The molecule has 0 spiro atoms. The van der Waals surface area contributed by atoms with E-state index < -0.39 is 0 Å². The van der Waals surface area contributed by atoms with Gasteiger partial charge in [-0.3, -0.25) is 0 Å². The van der Waals surface area contributed by atoms with Crippen molar-refractivity contribution in [3.05, 3.63) is 0 Å². The molecule has 0 saturated heterocycles. The lowest BCUT2D eigenvalue weighted by atomic mass is 9.92. The Kier molecular flexibility index (Phi) is 9.49. The van der Waals surface area contributed by atoms with Crippen LogP contribution in [0.25, 0.3) is 0 Å². The largest absolute Gasteiger partial charge is 0.328 e. The van der Waals surface area contributed by atoms with Crippen LogP contribution in [0.1, 0.15) is 72.1 Å². The van der Waals surface area contributed by atoms with Gasteiger partial charge in [0.2, 0.25) is 0 Å². The van der Waals surface area contributed by atoms with E-state index in [-0.39, 0.29) is 0 Å². The average Bonchev–Trinajstić information content (AvgIpc) is 2.22. The van der Waals surface area contributed by atoms with Crippen molar-refractivity contribution in [3.8, 4) is 0 Å². The van der Waals surface area contributed by atoms with Gasteiger partial charge in [-0.25, -0.2) is 0 Å². The van der Waals surface area contributed by atoms with Gasteiger partial charge >= 0.3 is 0 Å². The topological polar surface area (TPSA) is 26.0 Å². The van der Waals surface area contributed by atoms with E-state index in [2.05, 4.69) is 20.8 Å².